The summed E-state index contributed by atoms with van der Waals surface area (Å²) in [5.41, 5.74) is 6.95. The Hall–Kier alpha value is -3.25. The molecule has 0 unspecified atom stereocenters. The van der Waals surface area contributed by atoms with Crippen LogP contribution < -0.4 is 15.1 Å². The standard InChI is InChI=1S/C28H31N3O2S/c1-16(2)31-24-12-18(4)20(13-22(24)19(5)15-28(31,6)7)14-23-25(32)29-27(34)30(26(23)33)21-10-8-17(3)9-11-21/h8-16H,1-7H3,(H,29,32,34)/b23-14+. The van der Waals surface area contributed by atoms with Gasteiger partial charge in [0.15, 0.2) is 5.11 Å². The maximum absolute atomic E-state index is 13.4. The third kappa shape index (κ3) is 4.07. The Balaban J connectivity index is 1.80. The van der Waals surface area contributed by atoms with E-state index in [0.717, 1.165) is 22.3 Å². The van der Waals surface area contributed by atoms with Crippen LogP contribution in [0.2, 0.25) is 0 Å². The van der Waals surface area contributed by atoms with Gasteiger partial charge in [-0.05, 0) is 108 Å². The van der Waals surface area contributed by atoms with Crippen LogP contribution in [0.5, 0.6) is 0 Å². The summed E-state index contributed by atoms with van der Waals surface area (Å²) in [7, 11) is 0. The number of rotatable bonds is 3. The Bertz CT molecular complexity index is 1270. The van der Waals surface area contributed by atoms with Gasteiger partial charge in [-0.3, -0.25) is 19.8 Å². The molecule has 0 atom stereocenters. The number of benzene rings is 2. The second-order valence-corrected chi connectivity index (χ2v) is 10.4. The lowest BCUT2D eigenvalue weighted by Gasteiger charge is -2.46. The first kappa shape index (κ1) is 23.9. The van der Waals surface area contributed by atoms with Crippen molar-refractivity contribution in [3.8, 4) is 0 Å². The molecule has 0 aliphatic carbocycles. The van der Waals surface area contributed by atoms with Crippen LogP contribution in [0, 0.1) is 13.8 Å². The highest BCUT2D eigenvalue weighted by Crippen LogP contribution is 2.42. The first-order valence-corrected chi connectivity index (χ1v) is 11.9. The molecule has 0 aromatic heterocycles. The van der Waals surface area contributed by atoms with Crippen LogP contribution >= 0.6 is 12.2 Å². The van der Waals surface area contributed by atoms with E-state index in [1.165, 1.54) is 16.2 Å². The number of hydrogen-bond donors (Lipinski definition) is 1. The SMILES string of the molecule is CC1=CC(C)(C)N(C(C)C)c2cc(C)c(/C=C3\C(=O)NC(=S)N(c4ccc(C)cc4)C3=O)cc21. The first-order valence-electron chi connectivity index (χ1n) is 11.5. The van der Waals surface area contributed by atoms with Crippen molar-refractivity contribution in [3.63, 3.8) is 0 Å². The fourth-order valence-electron chi connectivity index (χ4n) is 5.05. The van der Waals surface area contributed by atoms with E-state index in [1.54, 1.807) is 6.08 Å². The number of allylic oxidation sites excluding steroid dienone is 1. The van der Waals surface area contributed by atoms with Crippen LogP contribution in [-0.4, -0.2) is 28.5 Å². The number of nitrogens with one attached hydrogen (secondary N) is 1. The van der Waals surface area contributed by atoms with Crippen molar-refractivity contribution in [2.24, 2.45) is 0 Å². The van der Waals surface area contributed by atoms with Gasteiger partial charge in [0, 0.05) is 17.3 Å². The number of hydrogen-bond acceptors (Lipinski definition) is 4. The van der Waals surface area contributed by atoms with Crippen LogP contribution in [0.25, 0.3) is 11.6 Å². The fraction of sp³-hybridized carbons (Fsp3) is 0.321. The molecule has 1 saturated heterocycles. The fourth-order valence-corrected chi connectivity index (χ4v) is 5.33. The first-order chi connectivity index (χ1) is 15.9. The van der Waals surface area contributed by atoms with Crippen molar-refractivity contribution in [1.29, 1.82) is 0 Å². The van der Waals surface area contributed by atoms with Gasteiger partial charge in [-0.25, -0.2) is 0 Å². The van der Waals surface area contributed by atoms with Crippen LogP contribution in [0.1, 0.15) is 56.9 Å². The van der Waals surface area contributed by atoms with Crippen LogP contribution in [0.4, 0.5) is 11.4 Å². The number of amides is 2. The van der Waals surface area contributed by atoms with E-state index in [0.29, 0.717) is 11.7 Å². The van der Waals surface area contributed by atoms with Gasteiger partial charge in [-0.15, -0.1) is 0 Å². The van der Waals surface area contributed by atoms with E-state index in [2.05, 4.69) is 63.0 Å². The van der Waals surface area contributed by atoms with E-state index < -0.39 is 11.8 Å². The monoisotopic (exact) mass is 473 g/mol. The molecule has 6 heteroatoms. The molecule has 0 spiro atoms. The van der Waals surface area contributed by atoms with E-state index >= 15 is 0 Å². The van der Waals surface area contributed by atoms with E-state index in [9.17, 15) is 9.59 Å². The Labute approximate surface area is 207 Å². The number of thiocarbonyl (C=S) groups is 1. The Morgan fingerprint density at radius 1 is 1.03 bits per heavy atom. The zero-order chi connectivity index (χ0) is 24.9. The summed E-state index contributed by atoms with van der Waals surface area (Å²) in [6.45, 7) is 14.9. The maximum Gasteiger partial charge on any atom is 0.270 e. The minimum absolute atomic E-state index is 0.0655. The summed E-state index contributed by atoms with van der Waals surface area (Å²) < 4.78 is 0. The molecule has 1 N–H and O–H groups in total. The second kappa shape index (κ2) is 8.51. The summed E-state index contributed by atoms with van der Waals surface area (Å²) in [5.74, 6) is -0.903. The molecule has 4 rings (SSSR count). The molecule has 1 fully saturated rings. The molecular formula is C28H31N3O2S. The molecule has 176 valence electrons. The molecule has 2 amide bonds. The van der Waals surface area contributed by atoms with Crippen LogP contribution in [0.15, 0.2) is 48.0 Å². The van der Waals surface area contributed by atoms with Crippen molar-refractivity contribution in [2.45, 2.75) is 60.0 Å². The topological polar surface area (TPSA) is 52.7 Å². The number of fused-ring (bicyclic) bond motifs is 1. The minimum Gasteiger partial charge on any atom is -0.360 e. The van der Waals surface area contributed by atoms with Gasteiger partial charge < -0.3 is 4.90 Å². The summed E-state index contributed by atoms with van der Waals surface area (Å²) in [4.78, 5) is 30.0. The molecule has 2 aliphatic heterocycles. The van der Waals surface area contributed by atoms with Crippen molar-refractivity contribution in [3.05, 3.63) is 70.3 Å². The van der Waals surface area contributed by atoms with Gasteiger partial charge in [-0.2, -0.15) is 0 Å². The molecule has 2 aromatic rings. The number of carbonyl (C=O) groups excluding carboxylic acids is 2. The van der Waals surface area contributed by atoms with E-state index in [1.807, 2.05) is 38.1 Å². The van der Waals surface area contributed by atoms with Crippen molar-refractivity contribution < 1.29 is 9.59 Å². The van der Waals surface area contributed by atoms with Gasteiger partial charge in [0.1, 0.15) is 5.57 Å². The Kier molecular flexibility index (Phi) is 5.98. The van der Waals surface area contributed by atoms with E-state index in [-0.39, 0.29) is 16.2 Å². The van der Waals surface area contributed by atoms with Gasteiger partial charge >= 0.3 is 0 Å². The Morgan fingerprint density at radius 3 is 2.29 bits per heavy atom. The van der Waals surface area contributed by atoms with Crippen LogP contribution in [-0.2, 0) is 9.59 Å². The maximum atomic E-state index is 13.4. The lowest BCUT2D eigenvalue weighted by atomic mass is 9.85. The third-order valence-corrected chi connectivity index (χ3v) is 6.75. The Morgan fingerprint density at radius 2 is 1.68 bits per heavy atom. The smallest absolute Gasteiger partial charge is 0.270 e. The number of nitrogens with zero attached hydrogens (tertiary/aromatic N) is 2. The third-order valence-electron chi connectivity index (χ3n) is 6.47. The zero-order valence-electron chi connectivity index (χ0n) is 20.8. The molecule has 34 heavy (non-hydrogen) atoms. The van der Waals surface area contributed by atoms with Crippen LogP contribution in [0.3, 0.4) is 0 Å². The zero-order valence-corrected chi connectivity index (χ0v) is 21.6. The van der Waals surface area contributed by atoms with Gasteiger partial charge in [-0.1, -0.05) is 23.8 Å². The van der Waals surface area contributed by atoms with Crippen molar-refractivity contribution in [2.75, 3.05) is 9.80 Å². The minimum atomic E-state index is -0.479. The number of anilines is 2. The molecule has 0 radical (unpaired) electrons. The molecular weight excluding hydrogens is 442 g/mol. The molecule has 2 heterocycles. The number of carbonyl (C=O) groups is 2. The number of aryl methyl sites for hydroxylation is 2. The predicted molar refractivity (Wildman–Crippen MR) is 144 cm³/mol. The molecule has 2 aliphatic rings. The largest absolute Gasteiger partial charge is 0.360 e. The molecule has 2 aromatic carbocycles. The normalized spacial score (nSPS) is 18.9. The lowest BCUT2D eigenvalue weighted by molar-refractivity contribution is -0.122. The van der Waals surface area contributed by atoms with Crippen molar-refractivity contribution in [1.82, 2.24) is 5.32 Å². The van der Waals surface area contributed by atoms with Crippen molar-refractivity contribution >= 4 is 52.2 Å². The average molecular weight is 474 g/mol. The highest BCUT2D eigenvalue weighted by atomic mass is 32.1. The molecule has 0 saturated carbocycles. The summed E-state index contributed by atoms with van der Waals surface area (Å²) in [6.07, 6.45) is 3.96. The molecule has 5 nitrogen and oxygen atoms in total. The second-order valence-electron chi connectivity index (χ2n) is 9.96. The summed E-state index contributed by atoms with van der Waals surface area (Å²) >= 11 is 5.33. The van der Waals surface area contributed by atoms with E-state index in [4.69, 9.17) is 12.2 Å². The lowest BCUT2D eigenvalue weighted by Crippen LogP contribution is -2.54. The molecule has 0 bridgehead atoms. The van der Waals surface area contributed by atoms with Gasteiger partial charge in [0.25, 0.3) is 11.8 Å². The summed E-state index contributed by atoms with van der Waals surface area (Å²) in [5, 5.41) is 2.77. The quantitative estimate of drug-likeness (QED) is 0.361. The summed E-state index contributed by atoms with van der Waals surface area (Å²) in [6, 6.07) is 12.0. The van der Waals surface area contributed by atoms with Gasteiger partial charge in [0.05, 0.1) is 11.2 Å². The highest BCUT2D eigenvalue weighted by Gasteiger charge is 2.36. The highest BCUT2D eigenvalue weighted by molar-refractivity contribution is 7.80. The van der Waals surface area contributed by atoms with Gasteiger partial charge in [0.2, 0.25) is 0 Å². The average Bonchev–Trinajstić information content (AvgIpc) is 2.72. The predicted octanol–water partition coefficient (Wildman–Crippen LogP) is 5.55.